The van der Waals surface area contributed by atoms with Gasteiger partial charge in [0.25, 0.3) is 10.0 Å². The highest BCUT2D eigenvalue weighted by atomic mass is 32.2. The number of benzene rings is 3. The molecule has 0 radical (unpaired) electrons. The molecule has 0 fully saturated rings. The molecule has 0 aliphatic carbocycles. The standard InChI is InChI=1S/C31H39N3O5S/c1-6-19-32-31(36)28(7-2)33(21-25-14-16-26(39-5)17-15-25)30(35)22-34(29-18-13-23(3)20-24(29)4)40(37,38)27-11-9-8-10-12-27/h8-18,20,28H,6-7,19,21-22H2,1-5H3,(H,32,36). The number of nitrogens with zero attached hydrogens (tertiary/aromatic N) is 2. The molecule has 2 amide bonds. The molecule has 0 saturated heterocycles. The molecule has 40 heavy (non-hydrogen) atoms. The summed E-state index contributed by atoms with van der Waals surface area (Å²) in [6.45, 7) is 7.70. The molecule has 0 spiro atoms. The monoisotopic (exact) mass is 565 g/mol. The third-order valence-electron chi connectivity index (χ3n) is 6.68. The number of anilines is 1. The van der Waals surface area contributed by atoms with Crippen molar-refractivity contribution in [1.82, 2.24) is 10.2 Å². The Kier molecular flexibility index (Phi) is 10.7. The highest BCUT2D eigenvalue weighted by molar-refractivity contribution is 7.92. The van der Waals surface area contributed by atoms with Crippen LogP contribution in [0.1, 0.15) is 43.4 Å². The molecular formula is C31H39N3O5S. The molecule has 1 atom stereocenters. The number of sulfonamides is 1. The van der Waals surface area contributed by atoms with Gasteiger partial charge >= 0.3 is 0 Å². The van der Waals surface area contributed by atoms with Crippen LogP contribution in [0.4, 0.5) is 5.69 Å². The van der Waals surface area contributed by atoms with Gasteiger partial charge in [-0.1, -0.05) is 61.9 Å². The highest BCUT2D eigenvalue weighted by Crippen LogP contribution is 2.28. The number of aryl methyl sites for hydroxylation is 2. The van der Waals surface area contributed by atoms with Gasteiger partial charge in [-0.05, 0) is 68.1 Å². The molecule has 0 saturated carbocycles. The maximum Gasteiger partial charge on any atom is 0.264 e. The van der Waals surface area contributed by atoms with Gasteiger partial charge in [0.05, 0.1) is 17.7 Å². The molecule has 1 N–H and O–H groups in total. The second-order valence-corrected chi connectivity index (χ2v) is 11.6. The summed E-state index contributed by atoms with van der Waals surface area (Å²) in [5, 5.41) is 2.89. The zero-order valence-corrected chi connectivity index (χ0v) is 24.7. The lowest BCUT2D eigenvalue weighted by atomic mass is 10.1. The van der Waals surface area contributed by atoms with E-state index in [0.29, 0.717) is 24.4 Å². The number of rotatable bonds is 13. The van der Waals surface area contributed by atoms with E-state index in [0.717, 1.165) is 27.4 Å². The van der Waals surface area contributed by atoms with E-state index in [1.165, 1.54) is 17.0 Å². The average Bonchev–Trinajstić information content (AvgIpc) is 2.95. The second kappa shape index (κ2) is 14.0. The van der Waals surface area contributed by atoms with Gasteiger partial charge in [-0.2, -0.15) is 0 Å². The smallest absolute Gasteiger partial charge is 0.264 e. The van der Waals surface area contributed by atoms with Crippen LogP contribution in [0.15, 0.2) is 77.7 Å². The van der Waals surface area contributed by atoms with E-state index in [2.05, 4.69) is 5.32 Å². The minimum absolute atomic E-state index is 0.0807. The number of ether oxygens (including phenoxy) is 1. The van der Waals surface area contributed by atoms with Gasteiger partial charge < -0.3 is 15.0 Å². The molecule has 0 bridgehead atoms. The van der Waals surface area contributed by atoms with E-state index in [-0.39, 0.29) is 17.3 Å². The van der Waals surface area contributed by atoms with Crippen molar-refractivity contribution in [1.29, 1.82) is 0 Å². The summed E-state index contributed by atoms with van der Waals surface area (Å²) in [4.78, 5) is 28.8. The molecule has 8 nitrogen and oxygen atoms in total. The Hall–Kier alpha value is -3.85. The number of methoxy groups -OCH3 is 1. The quantitative estimate of drug-likeness (QED) is 0.320. The molecule has 3 aromatic rings. The fourth-order valence-corrected chi connectivity index (χ4v) is 6.03. The Morgan fingerprint density at radius 1 is 0.950 bits per heavy atom. The summed E-state index contributed by atoms with van der Waals surface area (Å²) in [6, 6.07) is 20.0. The summed E-state index contributed by atoms with van der Waals surface area (Å²) in [5.74, 6) is -0.0756. The predicted octanol–water partition coefficient (Wildman–Crippen LogP) is 4.84. The van der Waals surface area contributed by atoms with Gasteiger partial charge in [-0.15, -0.1) is 0 Å². The molecule has 214 valence electrons. The van der Waals surface area contributed by atoms with E-state index >= 15 is 0 Å². The Morgan fingerprint density at radius 3 is 2.20 bits per heavy atom. The zero-order valence-electron chi connectivity index (χ0n) is 23.9. The summed E-state index contributed by atoms with van der Waals surface area (Å²) >= 11 is 0. The lowest BCUT2D eigenvalue weighted by Gasteiger charge is -2.33. The van der Waals surface area contributed by atoms with Crippen LogP contribution >= 0.6 is 0 Å². The number of nitrogens with one attached hydrogen (secondary N) is 1. The van der Waals surface area contributed by atoms with Gasteiger partial charge in [0.2, 0.25) is 11.8 Å². The number of hydrogen-bond acceptors (Lipinski definition) is 5. The van der Waals surface area contributed by atoms with Crippen molar-refractivity contribution in [3.63, 3.8) is 0 Å². The van der Waals surface area contributed by atoms with Crippen molar-refractivity contribution in [2.24, 2.45) is 0 Å². The van der Waals surface area contributed by atoms with Crippen molar-refractivity contribution in [3.05, 3.63) is 89.5 Å². The van der Waals surface area contributed by atoms with Crippen molar-refractivity contribution >= 4 is 27.5 Å². The number of carbonyl (C=O) groups excluding carboxylic acids is 2. The van der Waals surface area contributed by atoms with Crippen molar-refractivity contribution in [2.75, 3.05) is 24.5 Å². The maximum atomic E-state index is 14.1. The lowest BCUT2D eigenvalue weighted by molar-refractivity contribution is -0.140. The van der Waals surface area contributed by atoms with Gasteiger partial charge in [0.15, 0.2) is 0 Å². The van der Waals surface area contributed by atoms with E-state index in [4.69, 9.17) is 4.74 Å². The van der Waals surface area contributed by atoms with Crippen LogP contribution in [-0.4, -0.2) is 51.4 Å². The largest absolute Gasteiger partial charge is 0.497 e. The van der Waals surface area contributed by atoms with Crippen molar-refractivity contribution in [3.8, 4) is 5.75 Å². The first-order valence-corrected chi connectivity index (χ1v) is 14.9. The Balaban J connectivity index is 2.06. The molecular weight excluding hydrogens is 526 g/mol. The number of carbonyl (C=O) groups is 2. The van der Waals surface area contributed by atoms with Crippen LogP contribution in [0.5, 0.6) is 5.75 Å². The SMILES string of the molecule is CCCNC(=O)C(CC)N(Cc1ccc(OC)cc1)C(=O)CN(c1ccc(C)cc1C)S(=O)(=O)c1ccccc1. The maximum absolute atomic E-state index is 14.1. The van der Waals surface area contributed by atoms with Gasteiger partial charge in [0.1, 0.15) is 18.3 Å². The fourth-order valence-electron chi connectivity index (χ4n) is 4.53. The third-order valence-corrected chi connectivity index (χ3v) is 8.45. The minimum atomic E-state index is -4.10. The normalized spacial score (nSPS) is 11.9. The van der Waals surface area contributed by atoms with Crippen LogP contribution in [0.3, 0.4) is 0 Å². The van der Waals surface area contributed by atoms with Crippen LogP contribution in [-0.2, 0) is 26.2 Å². The van der Waals surface area contributed by atoms with Gasteiger partial charge in [0, 0.05) is 13.1 Å². The molecule has 3 rings (SSSR count). The average molecular weight is 566 g/mol. The number of amides is 2. The first-order valence-electron chi connectivity index (χ1n) is 13.5. The molecule has 0 aromatic heterocycles. The summed E-state index contributed by atoms with van der Waals surface area (Å²) < 4.78 is 34.3. The van der Waals surface area contributed by atoms with E-state index in [9.17, 15) is 18.0 Å². The Morgan fingerprint density at radius 2 is 1.62 bits per heavy atom. The minimum Gasteiger partial charge on any atom is -0.497 e. The predicted molar refractivity (Wildman–Crippen MR) is 158 cm³/mol. The van der Waals surface area contributed by atoms with E-state index in [1.54, 1.807) is 43.5 Å². The molecule has 3 aromatic carbocycles. The first kappa shape index (κ1) is 30.7. The Labute approximate surface area is 238 Å². The first-order chi connectivity index (χ1) is 19.1. The van der Waals surface area contributed by atoms with Gasteiger partial charge in [-0.3, -0.25) is 13.9 Å². The molecule has 0 aliphatic heterocycles. The zero-order chi connectivity index (χ0) is 29.3. The lowest BCUT2D eigenvalue weighted by Crippen LogP contribution is -2.52. The van der Waals surface area contributed by atoms with Crippen LogP contribution in [0.2, 0.25) is 0 Å². The molecule has 0 heterocycles. The molecule has 0 aliphatic rings. The summed E-state index contributed by atoms with van der Waals surface area (Å²) in [5.41, 5.74) is 2.90. The topological polar surface area (TPSA) is 96.0 Å². The Bertz CT molecular complexity index is 1390. The van der Waals surface area contributed by atoms with Gasteiger partial charge in [-0.25, -0.2) is 8.42 Å². The van der Waals surface area contributed by atoms with Crippen LogP contribution < -0.4 is 14.4 Å². The summed E-state index contributed by atoms with van der Waals surface area (Å²) in [6.07, 6.45) is 1.12. The van der Waals surface area contributed by atoms with Crippen molar-refractivity contribution in [2.45, 2.75) is 58.0 Å². The molecule has 1 unspecified atom stereocenters. The number of hydrogen-bond donors (Lipinski definition) is 1. The second-order valence-electron chi connectivity index (χ2n) is 9.70. The molecule has 9 heteroatoms. The van der Waals surface area contributed by atoms with E-state index in [1.807, 2.05) is 52.0 Å². The van der Waals surface area contributed by atoms with Crippen LogP contribution in [0.25, 0.3) is 0 Å². The summed E-state index contributed by atoms with van der Waals surface area (Å²) in [7, 11) is -2.52. The van der Waals surface area contributed by atoms with Crippen LogP contribution in [0, 0.1) is 13.8 Å². The third kappa shape index (κ3) is 7.41. The van der Waals surface area contributed by atoms with E-state index < -0.39 is 28.5 Å². The fraction of sp³-hybridized carbons (Fsp3) is 0.355. The van der Waals surface area contributed by atoms with Crippen molar-refractivity contribution < 1.29 is 22.7 Å². The highest BCUT2D eigenvalue weighted by Gasteiger charge is 2.34.